The molecule has 0 radical (unpaired) electrons. The number of ether oxygens (including phenoxy) is 1. The van der Waals surface area contributed by atoms with Crippen LogP contribution >= 0.6 is 15.6 Å². The third-order valence-electron chi connectivity index (χ3n) is 5.12. The molecular weight excluding hydrogens is 500 g/mol. The lowest BCUT2D eigenvalue weighted by molar-refractivity contribution is -0.232. The van der Waals surface area contributed by atoms with Crippen LogP contribution in [-0.4, -0.2) is 70.5 Å². The molecule has 0 bridgehead atoms. The first-order valence-corrected chi connectivity index (χ1v) is 13.0. The highest BCUT2D eigenvalue weighted by Gasteiger charge is 2.38. The zero-order valence-electron chi connectivity index (χ0n) is 18.5. The fraction of sp³-hybridized carbons (Fsp3) is 0.688. The third-order valence-corrected chi connectivity index (χ3v) is 7.01. The molecule has 0 amide bonds. The molecule has 4 rings (SSSR count). The quantitative estimate of drug-likeness (QED) is 0.360. The Kier molecular flexibility index (Phi) is 8.63. The Balaban J connectivity index is 0.000000195. The lowest BCUT2D eigenvalue weighted by Gasteiger charge is -2.28. The van der Waals surface area contributed by atoms with Crippen LogP contribution < -0.4 is 20.7 Å². The van der Waals surface area contributed by atoms with Gasteiger partial charge in [0.15, 0.2) is 17.5 Å². The molecule has 192 valence electrons. The number of anilines is 1. The molecule has 2 aromatic rings. The number of phosphoric ester groups is 2. The molecule has 0 aliphatic carbocycles. The van der Waals surface area contributed by atoms with Crippen LogP contribution in [0.15, 0.2) is 11.1 Å². The maximum Gasteiger partial charge on any atom is 0.300 e. The maximum atomic E-state index is 11.6. The molecule has 3 N–H and O–H groups in total. The van der Waals surface area contributed by atoms with Gasteiger partial charge < -0.3 is 48.0 Å². The van der Waals surface area contributed by atoms with Crippen LogP contribution in [0.2, 0.25) is 0 Å². The van der Waals surface area contributed by atoms with Crippen molar-refractivity contribution in [2.45, 2.75) is 44.3 Å². The van der Waals surface area contributed by atoms with Crippen LogP contribution in [0.1, 0.15) is 25.8 Å². The van der Waals surface area contributed by atoms with Crippen LogP contribution in [0, 0.1) is 0 Å². The number of hydrogen-bond acceptors (Lipinski definition) is 14. The number of aromatic amines is 1. The predicted molar refractivity (Wildman–Crippen MR) is 112 cm³/mol. The topological polar surface area (TPSA) is 222 Å². The van der Waals surface area contributed by atoms with Crippen LogP contribution in [0.4, 0.5) is 5.95 Å². The summed E-state index contributed by atoms with van der Waals surface area (Å²) < 4.78 is 46.2. The van der Waals surface area contributed by atoms with Crippen LogP contribution in [0.25, 0.3) is 11.2 Å². The highest BCUT2D eigenvalue weighted by atomic mass is 31.2. The van der Waals surface area contributed by atoms with Gasteiger partial charge in [0.05, 0.1) is 25.1 Å². The molecule has 0 spiro atoms. The van der Waals surface area contributed by atoms with Gasteiger partial charge in [-0.1, -0.05) is 6.92 Å². The summed E-state index contributed by atoms with van der Waals surface area (Å²) in [7, 11) is -7.20. The second-order valence-electron chi connectivity index (χ2n) is 7.22. The van der Waals surface area contributed by atoms with Gasteiger partial charge in [-0.15, -0.1) is 0 Å². The van der Waals surface area contributed by atoms with E-state index in [0.29, 0.717) is 23.2 Å². The monoisotopic (exact) mass is 525 g/mol. The molecule has 6 atom stereocenters. The number of fused-ring (bicyclic) bond motifs is 3. The average molecular weight is 525 g/mol. The minimum Gasteiger partial charge on any atom is -0.756 e. The van der Waals surface area contributed by atoms with Gasteiger partial charge in [0.2, 0.25) is 5.95 Å². The van der Waals surface area contributed by atoms with Crippen molar-refractivity contribution in [3.05, 3.63) is 16.7 Å². The van der Waals surface area contributed by atoms with Gasteiger partial charge in [-0.3, -0.25) is 18.5 Å². The molecule has 0 saturated carbocycles. The smallest absolute Gasteiger partial charge is 0.300 e. The summed E-state index contributed by atoms with van der Waals surface area (Å²) in [6, 6.07) is 0.332. The number of rotatable bonds is 8. The maximum absolute atomic E-state index is 11.6. The normalized spacial score (nSPS) is 27.4. The predicted octanol–water partition coefficient (Wildman–Crippen LogP) is -0.779. The molecule has 18 heteroatoms. The van der Waals surface area contributed by atoms with E-state index in [1.54, 1.807) is 0 Å². The van der Waals surface area contributed by atoms with Crippen molar-refractivity contribution in [2.75, 3.05) is 32.7 Å². The molecule has 5 unspecified atom stereocenters. The lowest BCUT2D eigenvalue weighted by Crippen LogP contribution is -2.30. The summed E-state index contributed by atoms with van der Waals surface area (Å²) in [4.78, 5) is 44.6. The zero-order valence-corrected chi connectivity index (χ0v) is 20.3. The standard InChI is InChI=1S/C9H11N5O.C7H16O10P2/c1-2-5-3-10-9-13-8(15)6-7(14(5)9)12-4-11-6;1-13-18(9,10)15-4-6-5(3-7(8)16-6)17-19(11,12)14-2/h4-5H,2-3H2,1H3,(H,11,12)(H,10,13,15);5-8H,3-4H2,1-2H3,(H,9,10)(H,11,12)/p-2/t;5?,6-,7?/m.1/s1. The van der Waals surface area contributed by atoms with Crippen molar-refractivity contribution in [3.63, 3.8) is 0 Å². The average Bonchev–Trinajstić information content (AvgIpc) is 3.50. The Morgan fingerprint density at radius 2 is 2.00 bits per heavy atom. The van der Waals surface area contributed by atoms with Crippen molar-refractivity contribution < 1.29 is 46.9 Å². The van der Waals surface area contributed by atoms with E-state index in [2.05, 4.69) is 45.3 Å². The van der Waals surface area contributed by atoms with Crippen LogP contribution in [0.5, 0.6) is 0 Å². The highest BCUT2D eigenvalue weighted by Crippen LogP contribution is 2.43. The summed E-state index contributed by atoms with van der Waals surface area (Å²) in [5.74, 6) is 0.631. The molecule has 1 fully saturated rings. The van der Waals surface area contributed by atoms with E-state index in [0.717, 1.165) is 27.2 Å². The summed E-state index contributed by atoms with van der Waals surface area (Å²) in [6.45, 7) is 2.37. The Hall–Kier alpha value is -1.71. The minimum atomic E-state index is -4.53. The van der Waals surface area contributed by atoms with Crippen molar-refractivity contribution in [1.29, 1.82) is 0 Å². The first-order chi connectivity index (χ1) is 16.0. The number of imidazole rings is 1. The van der Waals surface area contributed by atoms with Crippen molar-refractivity contribution >= 4 is 32.8 Å². The molecule has 1 saturated heterocycles. The van der Waals surface area contributed by atoms with Crippen LogP contribution in [0.3, 0.4) is 0 Å². The third kappa shape index (κ3) is 6.29. The van der Waals surface area contributed by atoms with E-state index in [4.69, 9.17) is 4.74 Å². The molecule has 2 aliphatic heterocycles. The summed E-state index contributed by atoms with van der Waals surface area (Å²) in [5, 5.41) is 12.4. The van der Waals surface area contributed by atoms with Gasteiger partial charge in [0, 0.05) is 27.2 Å². The number of aromatic nitrogens is 4. The fourth-order valence-corrected chi connectivity index (χ4v) is 4.48. The van der Waals surface area contributed by atoms with Crippen molar-refractivity contribution in [1.82, 2.24) is 19.5 Å². The Morgan fingerprint density at radius 1 is 1.29 bits per heavy atom. The summed E-state index contributed by atoms with van der Waals surface area (Å²) in [6.07, 6.45) is -1.14. The molecule has 2 aromatic heterocycles. The zero-order chi connectivity index (χ0) is 25.1. The summed E-state index contributed by atoms with van der Waals surface area (Å²) in [5.41, 5.74) is 0.931. The number of nitrogens with zero attached hydrogens (tertiary/aromatic N) is 3. The first kappa shape index (κ1) is 26.9. The molecule has 4 heterocycles. The molecule has 2 aliphatic rings. The molecule has 34 heavy (non-hydrogen) atoms. The van der Waals surface area contributed by atoms with Gasteiger partial charge in [0.1, 0.15) is 6.10 Å². The van der Waals surface area contributed by atoms with E-state index in [9.17, 15) is 28.8 Å². The van der Waals surface area contributed by atoms with Crippen molar-refractivity contribution in [3.8, 4) is 0 Å². The van der Waals surface area contributed by atoms with Gasteiger partial charge in [-0.25, -0.2) is 4.98 Å². The van der Waals surface area contributed by atoms with E-state index in [1.165, 1.54) is 6.33 Å². The molecule has 0 aromatic carbocycles. The Bertz CT molecular complexity index is 1140. The van der Waals surface area contributed by atoms with E-state index in [-0.39, 0.29) is 12.0 Å². The van der Waals surface area contributed by atoms with E-state index >= 15 is 0 Å². The van der Waals surface area contributed by atoms with E-state index < -0.39 is 40.8 Å². The van der Waals surface area contributed by atoms with Crippen molar-refractivity contribution in [2.24, 2.45) is 0 Å². The SMILES string of the molecule is CCC1CNc2nc(=O)c3[nH]cnc3n21.COP(=O)([O-])OC[C@H]1OC(O)CC1OP(=O)([O-])OC. The van der Waals surface area contributed by atoms with Gasteiger partial charge in [-0.05, 0) is 6.42 Å². The van der Waals surface area contributed by atoms with Gasteiger partial charge in [0.25, 0.3) is 15.6 Å². The number of phosphoric acid groups is 2. The highest BCUT2D eigenvalue weighted by molar-refractivity contribution is 7.46. The fourth-order valence-electron chi connectivity index (χ4n) is 3.41. The number of H-pyrrole nitrogens is 1. The summed E-state index contributed by atoms with van der Waals surface area (Å²) >= 11 is 0. The molecule has 16 nitrogen and oxygen atoms in total. The second kappa shape index (κ2) is 10.9. The van der Waals surface area contributed by atoms with E-state index in [1.807, 2.05) is 4.57 Å². The number of nitrogens with one attached hydrogen (secondary N) is 2. The van der Waals surface area contributed by atoms with Gasteiger partial charge in [-0.2, -0.15) is 4.98 Å². The minimum absolute atomic E-state index is 0.167. The largest absolute Gasteiger partial charge is 0.756 e. The Labute approximate surface area is 193 Å². The Morgan fingerprint density at radius 3 is 2.65 bits per heavy atom. The van der Waals surface area contributed by atoms with Crippen LogP contribution in [-0.2, 0) is 32.0 Å². The molecular formula is C16H25N5O11P2-2. The number of aliphatic hydroxyl groups excluding tert-OH is 1. The first-order valence-electron chi connectivity index (χ1n) is 10.1. The lowest BCUT2D eigenvalue weighted by atomic mass is 10.2. The van der Waals surface area contributed by atoms with Gasteiger partial charge >= 0.3 is 5.56 Å². The number of hydrogen-bond donors (Lipinski definition) is 3. The number of aliphatic hydroxyl groups is 1. The second-order valence-corrected chi connectivity index (χ2v) is 10.2.